The van der Waals surface area contributed by atoms with Gasteiger partial charge >= 0.3 is 0 Å². The second-order valence-corrected chi connectivity index (χ2v) is 6.97. The predicted molar refractivity (Wildman–Crippen MR) is 106 cm³/mol. The van der Waals surface area contributed by atoms with Crippen LogP contribution in [0.4, 0.5) is 21.5 Å². The van der Waals surface area contributed by atoms with Gasteiger partial charge in [0.2, 0.25) is 11.8 Å². The van der Waals surface area contributed by atoms with Crippen LogP contribution in [0.15, 0.2) is 36.4 Å². The van der Waals surface area contributed by atoms with Crippen molar-refractivity contribution in [2.75, 3.05) is 22.1 Å². The zero-order chi connectivity index (χ0) is 19.6. The highest BCUT2D eigenvalue weighted by Gasteiger charge is 2.23. The number of carbonyl (C=O) groups is 2. The Kier molecular flexibility index (Phi) is 5.44. The molecule has 0 spiro atoms. The van der Waals surface area contributed by atoms with E-state index in [4.69, 9.17) is 0 Å². The average molecular weight is 369 g/mol. The van der Waals surface area contributed by atoms with E-state index in [9.17, 15) is 14.0 Å². The minimum absolute atomic E-state index is 0.150. The zero-order valence-corrected chi connectivity index (χ0v) is 15.8. The SMILES string of the molecule is Cc1ccc(NC(=O)C(C)Nc2ccc(N3CCCC3=O)c(C)c2)cc1F. The van der Waals surface area contributed by atoms with Gasteiger partial charge in [-0.1, -0.05) is 6.07 Å². The van der Waals surface area contributed by atoms with Gasteiger partial charge in [-0.2, -0.15) is 0 Å². The summed E-state index contributed by atoms with van der Waals surface area (Å²) in [6, 6.07) is 9.81. The molecule has 1 aliphatic rings. The second-order valence-electron chi connectivity index (χ2n) is 6.97. The van der Waals surface area contributed by atoms with Crippen molar-refractivity contribution in [3.63, 3.8) is 0 Å². The van der Waals surface area contributed by atoms with E-state index in [1.165, 1.54) is 6.07 Å². The van der Waals surface area contributed by atoms with Gasteiger partial charge in [0.05, 0.1) is 0 Å². The molecule has 1 atom stereocenters. The lowest BCUT2D eigenvalue weighted by Crippen LogP contribution is -2.32. The Morgan fingerprint density at radius 3 is 2.48 bits per heavy atom. The highest BCUT2D eigenvalue weighted by molar-refractivity contribution is 5.97. The summed E-state index contributed by atoms with van der Waals surface area (Å²) in [6.07, 6.45) is 1.48. The van der Waals surface area contributed by atoms with Crippen molar-refractivity contribution in [2.45, 2.75) is 39.7 Å². The summed E-state index contributed by atoms with van der Waals surface area (Å²) in [5.41, 5.74) is 3.64. The van der Waals surface area contributed by atoms with Crippen molar-refractivity contribution >= 4 is 28.9 Å². The molecule has 2 aromatic carbocycles. The lowest BCUT2D eigenvalue weighted by Gasteiger charge is -2.20. The molecule has 142 valence electrons. The molecule has 1 fully saturated rings. The fourth-order valence-corrected chi connectivity index (χ4v) is 3.19. The molecule has 0 aliphatic carbocycles. The smallest absolute Gasteiger partial charge is 0.246 e. The molecule has 2 aromatic rings. The molecule has 2 N–H and O–H groups in total. The molecule has 1 aliphatic heterocycles. The zero-order valence-electron chi connectivity index (χ0n) is 15.8. The molecule has 1 saturated heterocycles. The van der Waals surface area contributed by atoms with Crippen LogP contribution in [0, 0.1) is 19.7 Å². The normalized spacial score (nSPS) is 15.0. The van der Waals surface area contributed by atoms with Crippen molar-refractivity contribution in [1.29, 1.82) is 0 Å². The maximum Gasteiger partial charge on any atom is 0.246 e. The number of nitrogens with one attached hydrogen (secondary N) is 2. The van der Waals surface area contributed by atoms with E-state index in [2.05, 4.69) is 10.6 Å². The van der Waals surface area contributed by atoms with E-state index < -0.39 is 6.04 Å². The number of carbonyl (C=O) groups excluding carboxylic acids is 2. The molecule has 6 heteroatoms. The summed E-state index contributed by atoms with van der Waals surface area (Å²) in [6.45, 7) is 6.12. The van der Waals surface area contributed by atoms with E-state index in [1.807, 2.05) is 25.1 Å². The third-order valence-corrected chi connectivity index (χ3v) is 4.78. The number of amides is 2. The number of aryl methyl sites for hydroxylation is 2. The van der Waals surface area contributed by atoms with Crippen molar-refractivity contribution in [1.82, 2.24) is 0 Å². The second kappa shape index (κ2) is 7.78. The van der Waals surface area contributed by atoms with Crippen LogP contribution < -0.4 is 15.5 Å². The largest absolute Gasteiger partial charge is 0.374 e. The standard InChI is InChI=1S/C21H24FN3O2/c1-13-6-7-17(12-18(13)22)24-21(27)15(3)23-16-8-9-19(14(2)11-16)25-10-4-5-20(25)26/h6-9,11-12,15,23H,4-5,10H2,1-3H3,(H,24,27). The Morgan fingerprint density at radius 1 is 1.11 bits per heavy atom. The fraction of sp³-hybridized carbons (Fsp3) is 0.333. The molecule has 1 unspecified atom stereocenters. The average Bonchev–Trinajstić information content (AvgIpc) is 3.04. The van der Waals surface area contributed by atoms with Crippen LogP contribution in [-0.4, -0.2) is 24.4 Å². The number of rotatable bonds is 5. The third kappa shape index (κ3) is 4.27. The van der Waals surface area contributed by atoms with Crippen LogP contribution in [0.3, 0.4) is 0 Å². The molecule has 1 heterocycles. The van der Waals surface area contributed by atoms with Crippen molar-refractivity contribution in [3.8, 4) is 0 Å². The molecule has 27 heavy (non-hydrogen) atoms. The first kappa shape index (κ1) is 18.9. The number of hydrogen-bond acceptors (Lipinski definition) is 3. The van der Waals surface area contributed by atoms with E-state index in [0.29, 0.717) is 17.7 Å². The van der Waals surface area contributed by atoms with Gasteiger partial charge in [0.1, 0.15) is 11.9 Å². The van der Waals surface area contributed by atoms with Gasteiger partial charge in [0.25, 0.3) is 0 Å². The first-order valence-electron chi connectivity index (χ1n) is 9.09. The predicted octanol–water partition coefficient (Wildman–Crippen LogP) is 4.01. The van der Waals surface area contributed by atoms with Gasteiger partial charge in [0, 0.05) is 30.0 Å². The maximum absolute atomic E-state index is 13.6. The molecule has 0 saturated carbocycles. The molecule has 5 nitrogen and oxygen atoms in total. The quantitative estimate of drug-likeness (QED) is 0.837. The number of halogens is 1. The number of nitrogens with zero attached hydrogens (tertiary/aromatic N) is 1. The van der Waals surface area contributed by atoms with Crippen LogP contribution in [-0.2, 0) is 9.59 Å². The number of benzene rings is 2. The summed E-state index contributed by atoms with van der Waals surface area (Å²) >= 11 is 0. The van der Waals surface area contributed by atoms with E-state index in [1.54, 1.807) is 30.9 Å². The van der Waals surface area contributed by atoms with Crippen molar-refractivity contribution < 1.29 is 14.0 Å². The van der Waals surface area contributed by atoms with Crippen LogP contribution in [0.5, 0.6) is 0 Å². The Bertz CT molecular complexity index is 882. The highest BCUT2D eigenvalue weighted by Crippen LogP contribution is 2.27. The van der Waals surface area contributed by atoms with Gasteiger partial charge in [-0.15, -0.1) is 0 Å². The molecule has 0 radical (unpaired) electrons. The lowest BCUT2D eigenvalue weighted by molar-refractivity contribution is -0.117. The summed E-state index contributed by atoms with van der Waals surface area (Å²) in [5.74, 6) is -0.456. The summed E-state index contributed by atoms with van der Waals surface area (Å²) in [7, 11) is 0. The highest BCUT2D eigenvalue weighted by atomic mass is 19.1. The third-order valence-electron chi connectivity index (χ3n) is 4.78. The Balaban J connectivity index is 1.65. The van der Waals surface area contributed by atoms with E-state index >= 15 is 0 Å². The Hall–Kier alpha value is -2.89. The monoisotopic (exact) mass is 369 g/mol. The molecular formula is C21H24FN3O2. The topological polar surface area (TPSA) is 61.4 Å². The summed E-state index contributed by atoms with van der Waals surface area (Å²) < 4.78 is 13.6. The number of anilines is 3. The lowest BCUT2D eigenvalue weighted by atomic mass is 10.1. The van der Waals surface area contributed by atoms with Crippen LogP contribution in [0.25, 0.3) is 0 Å². The molecule has 0 bridgehead atoms. The first-order valence-corrected chi connectivity index (χ1v) is 9.09. The Morgan fingerprint density at radius 2 is 1.85 bits per heavy atom. The van der Waals surface area contributed by atoms with Crippen LogP contribution in [0.2, 0.25) is 0 Å². The van der Waals surface area contributed by atoms with Crippen molar-refractivity contribution in [2.24, 2.45) is 0 Å². The van der Waals surface area contributed by atoms with Crippen molar-refractivity contribution in [3.05, 3.63) is 53.3 Å². The summed E-state index contributed by atoms with van der Waals surface area (Å²) in [4.78, 5) is 26.1. The van der Waals surface area contributed by atoms with Crippen LogP contribution >= 0.6 is 0 Å². The Labute approximate surface area is 158 Å². The van der Waals surface area contributed by atoms with Crippen LogP contribution in [0.1, 0.15) is 30.9 Å². The van der Waals surface area contributed by atoms with E-state index in [-0.39, 0.29) is 17.6 Å². The molecule has 0 aromatic heterocycles. The molecular weight excluding hydrogens is 345 g/mol. The van der Waals surface area contributed by atoms with Gasteiger partial charge in [-0.25, -0.2) is 4.39 Å². The summed E-state index contributed by atoms with van der Waals surface area (Å²) in [5, 5.41) is 5.86. The minimum atomic E-state index is -0.506. The van der Waals surface area contributed by atoms with Gasteiger partial charge < -0.3 is 15.5 Å². The van der Waals surface area contributed by atoms with E-state index in [0.717, 1.165) is 29.9 Å². The molecule has 2 amide bonds. The van der Waals surface area contributed by atoms with Gasteiger partial charge in [-0.05, 0) is 68.7 Å². The first-order chi connectivity index (χ1) is 12.8. The number of hydrogen-bond donors (Lipinski definition) is 2. The van der Waals surface area contributed by atoms with Gasteiger partial charge in [-0.3, -0.25) is 9.59 Å². The molecule has 3 rings (SSSR count). The fourth-order valence-electron chi connectivity index (χ4n) is 3.19. The maximum atomic E-state index is 13.6. The van der Waals surface area contributed by atoms with Gasteiger partial charge in [0.15, 0.2) is 0 Å². The minimum Gasteiger partial charge on any atom is -0.374 e.